The second-order valence-corrected chi connectivity index (χ2v) is 5.38. The molecule has 2 saturated heterocycles. The summed E-state index contributed by atoms with van der Waals surface area (Å²) in [5, 5.41) is 3.45. The zero-order valence-electron chi connectivity index (χ0n) is 10.2. The lowest BCUT2D eigenvalue weighted by atomic mass is 9.72. The number of rotatable bonds is 2. The van der Waals surface area contributed by atoms with Gasteiger partial charge in [0, 0.05) is 19.6 Å². The Labute approximate surface area is 110 Å². The van der Waals surface area contributed by atoms with Crippen molar-refractivity contribution in [3.63, 3.8) is 0 Å². The normalized spacial score (nSPS) is 22.8. The molecule has 1 spiro atoms. The maximum Gasteiger partial charge on any atom is 0.0234 e. The highest BCUT2D eigenvalue weighted by molar-refractivity contribution is 5.85. The zero-order chi connectivity index (χ0) is 10.8. The number of likely N-dealkylation sites (tertiary alicyclic amines) is 1. The van der Waals surface area contributed by atoms with Crippen molar-refractivity contribution in [2.75, 3.05) is 26.2 Å². The minimum Gasteiger partial charge on any atom is -0.317 e. The van der Waals surface area contributed by atoms with E-state index in [-0.39, 0.29) is 12.4 Å². The van der Waals surface area contributed by atoms with E-state index in [0.717, 1.165) is 6.54 Å². The summed E-state index contributed by atoms with van der Waals surface area (Å²) in [6.45, 7) is 6.20. The Morgan fingerprint density at radius 1 is 1.06 bits per heavy atom. The van der Waals surface area contributed by atoms with Gasteiger partial charge in [0.1, 0.15) is 0 Å². The molecular weight excluding hydrogens is 232 g/mol. The van der Waals surface area contributed by atoms with E-state index in [1.165, 1.54) is 44.6 Å². The first-order valence-electron chi connectivity index (χ1n) is 6.33. The molecule has 1 aromatic rings. The van der Waals surface area contributed by atoms with Crippen LogP contribution in [0.15, 0.2) is 30.3 Å². The predicted molar refractivity (Wildman–Crippen MR) is 73.5 cm³/mol. The van der Waals surface area contributed by atoms with Crippen molar-refractivity contribution < 1.29 is 0 Å². The minimum atomic E-state index is 0. The average molecular weight is 253 g/mol. The summed E-state index contributed by atoms with van der Waals surface area (Å²) in [6, 6.07) is 10.8. The second-order valence-electron chi connectivity index (χ2n) is 5.38. The van der Waals surface area contributed by atoms with Gasteiger partial charge in [0.25, 0.3) is 0 Å². The highest BCUT2D eigenvalue weighted by atomic mass is 35.5. The fraction of sp³-hybridized carbons (Fsp3) is 0.571. The number of hydrogen-bond donors (Lipinski definition) is 1. The van der Waals surface area contributed by atoms with E-state index in [1.54, 1.807) is 0 Å². The number of hydrogen-bond acceptors (Lipinski definition) is 2. The molecule has 3 heteroatoms. The van der Waals surface area contributed by atoms with E-state index >= 15 is 0 Å². The van der Waals surface area contributed by atoms with Crippen LogP contribution in [0.4, 0.5) is 0 Å². The highest BCUT2D eigenvalue weighted by Gasteiger charge is 2.42. The lowest BCUT2D eigenvalue weighted by Gasteiger charge is -2.52. The molecule has 0 bridgehead atoms. The van der Waals surface area contributed by atoms with Crippen LogP contribution in [0.25, 0.3) is 0 Å². The van der Waals surface area contributed by atoms with Gasteiger partial charge in [-0.3, -0.25) is 4.90 Å². The van der Waals surface area contributed by atoms with Gasteiger partial charge >= 0.3 is 0 Å². The third kappa shape index (κ3) is 2.82. The van der Waals surface area contributed by atoms with Crippen LogP contribution in [0, 0.1) is 5.41 Å². The van der Waals surface area contributed by atoms with Crippen LogP contribution in [0.3, 0.4) is 0 Å². The summed E-state index contributed by atoms with van der Waals surface area (Å²) in [5.41, 5.74) is 2.12. The molecule has 0 radical (unpaired) electrons. The molecule has 94 valence electrons. The lowest BCUT2D eigenvalue weighted by molar-refractivity contribution is -0.0282. The molecule has 17 heavy (non-hydrogen) atoms. The van der Waals surface area contributed by atoms with E-state index in [4.69, 9.17) is 0 Å². The topological polar surface area (TPSA) is 15.3 Å². The van der Waals surface area contributed by atoms with Crippen molar-refractivity contribution in [1.82, 2.24) is 10.2 Å². The number of nitrogens with zero attached hydrogens (tertiary/aromatic N) is 1. The second kappa shape index (κ2) is 5.38. The Kier molecular flexibility index (Phi) is 4.08. The average Bonchev–Trinajstić information content (AvgIpc) is 2.30. The van der Waals surface area contributed by atoms with E-state index in [1.807, 2.05) is 0 Å². The molecule has 2 aliphatic heterocycles. The van der Waals surface area contributed by atoms with Crippen molar-refractivity contribution in [1.29, 1.82) is 0 Å². The van der Waals surface area contributed by atoms with Gasteiger partial charge in [0.2, 0.25) is 0 Å². The summed E-state index contributed by atoms with van der Waals surface area (Å²) in [5.74, 6) is 0. The number of nitrogens with one attached hydrogen (secondary N) is 1. The molecule has 3 rings (SSSR count). The SMILES string of the molecule is Cl.c1ccc(CN2CC3(CCNCC3)C2)cc1. The maximum absolute atomic E-state index is 3.45. The van der Waals surface area contributed by atoms with E-state index < -0.39 is 0 Å². The summed E-state index contributed by atoms with van der Waals surface area (Å²) in [4.78, 5) is 2.58. The van der Waals surface area contributed by atoms with Crippen molar-refractivity contribution in [3.05, 3.63) is 35.9 Å². The molecule has 0 saturated carbocycles. The van der Waals surface area contributed by atoms with Crippen LogP contribution in [0.5, 0.6) is 0 Å². The van der Waals surface area contributed by atoms with Gasteiger partial charge in [0.15, 0.2) is 0 Å². The molecule has 0 amide bonds. The molecule has 2 fully saturated rings. The van der Waals surface area contributed by atoms with E-state index in [9.17, 15) is 0 Å². The number of benzene rings is 1. The van der Waals surface area contributed by atoms with Crippen molar-refractivity contribution in [3.8, 4) is 0 Å². The fourth-order valence-corrected chi connectivity index (χ4v) is 3.13. The molecule has 0 atom stereocenters. The van der Waals surface area contributed by atoms with E-state index in [2.05, 4.69) is 40.5 Å². The standard InChI is InChI=1S/C14H20N2.ClH/c1-2-4-13(5-3-1)10-16-11-14(12-16)6-8-15-9-7-14;/h1-5,15H,6-12H2;1H. The number of halogens is 1. The van der Waals surface area contributed by atoms with Crippen LogP contribution < -0.4 is 5.32 Å². The van der Waals surface area contributed by atoms with Crippen LogP contribution >= 0.6 is 12.4 Å². The van der Waals surface area contributed by atoms with Gasteiger partial charge in [-0.2, -0.15) is 0 Å². The summed E-state index contributed by atoms with van der Waals surface area (Å²) >= 11 is 0. The Bertz CT molecular complexity index is 338. The van der Waals surface area contributed by atoms with Crippen LogP contribution in [0.2, 0.25) is 0 Å². The van der Waals surface area contributed by atoms with Crippen LogP contribution in [0.1, 0.15) is 18.4 Å². The monoisotopic (exact) mass is 252 g/mol. The van der Waals surface area contributed by atoms with Crippen molar-refractivity contribution in [2.45, 2.75) is 19.4 Å². The van der Waals surface area contributed by atoms with Gasteiger partial charge in [-0.05, 0) is 36.9 Å². The van der Waals surface area contributed by atoms with Gasteiger partial charge in [-0.1, -0.05) is 30.3 Å². The van der Waals surface area contributed by atoms with Crippen molar-refractivity contribution in [2.24, 2.45) is 5.41 Å². The van der Waals surface area contributed by atoms with E-state index in [0.29, 0.717) is 5.41 Å². The first-order chi connectivity index (χ1) is 7.86. The number of piperidine rings is 1. The summed E-state index contributed by atoms with van der Waals surface area (Å²) in [6.07, 6.45) is 2.75. The Morgan fingerprint density at radius 3 is 2.35 bits per heavy atom. The molecule has 1 N–H and O–H groups in total. The third-order valence-electron chi connectivity index (χ3n) is 4.03. The fourth-order valence-electron chi connectivity index (χ4n) is 3.13. The minimum absolute atomic E-state index is 0. The van der Waals surface area contributed by atoms with Gasteiger partial charge in [0.05, 0.1) is 0 Å². The first kappa shape index (κ1) is 12.9. The Balaban J connectivity index is 0.00000108. The Morgan fingerprint density at radius 2 is 1.71 bits per heavy atom. The molecule has 0 unspecified atom stereocenters. The van der Waals surface area contributed by atoms with Gasteiger partial charge in [-0.25, -0.2) is 0 Å². The lowest BCUT2D eigenvalue weighted by Crippen LogP contribution is -2.59. The largest absolute Gasteiger partial charge is 0.317 e. The maximum atomic E-state index is 3.45. The van der Waals surface area contributed by atoms with Gasteiger partial charge < -0.3 is 5.32 Å². The quantitative estimate of drug-likeness (QED) is 0.869. The van der Waals surface area contributed by atoms with Crippen molar-refractivity contribution >= 4 is 12.4 Å². The first-order valence-corrected chi connectivity index (χ1v) is 6.33. The molecule has 0 aromatic heterocycles. The van der Waals surface area contributed by atoms with Crippen LogP contribution in [-0.4, -0.2) is 31.1 Å². The third-order valence-corrected chi connectivity index (χ3v) is 4.03. The molecule has 0 aliphatic carbocycles. The summed E-state index contributed by atoms with van der Waals surface area (Å²) < 4.78 is 0. The zero-order valence-corrected chi connectivity index (χ0v) is 11.0. The molecule has 2 nitrogen and oxygen atoms in total. The molecule has 2 aliphatic rings. The highest BCUT2D eigenvalue weighted by Crippen LogP contribution is 2.39. The molecule has 1 aromatic carbocycles. The van der Waals surface area contributed by atoms with Gasteiger partial charge in [-0.15, -0.1) is 12.4 Å². The Hall–Kier alpha value is -0.570. The molecular formula is C14H21ClN2. The van der Waals surface area contributed by atoms with Crippen LogP contribution in [-0.2, 0) is 6.54 Å². The molecule has 2 heterocycles. The predicted octanol–water partition coefficient (Wildman–Crippen LogP) is 2.29. The smallest absolute Gasteiger partial charge is 0.0234 e. The summed E-state index contributed by atoms with van der Waals surface area (Å²) in [7, 11) is 0.